The molecule has 0 spiro atoms. The number of aryl methyl sites for hydroxylation is 1. The van der Waals surface area contributed by atoms with Gasteiger partial charge in [-0.05, 0) is 31.4 Å². The second-order valence-electron chi connectivity index (χ2n) is 8.19. The van der Waals surface area contributed by atoms with Gasteiger partial charge in [0.15, 0.2) is 5.16 Å². The Kier molecular flexibility index (Phi) is 11.6. The molecule has 0 aliphatic rings. The Morgan fingerprint density at radius 3 is 2.17 bits per heavy atom. The number of hydrogen-bond donors (Lipinski definition) is 2. The van der Waals surface area contributed by atoms with Crippen LogP contribution < -0.4 is 10.6 Å². The van der Waals surface area contributed by atoms with Crippen LogP contribution in [0, 0.1) is 12.8 Å². The van der Waals surface area contributed by atoms with E-state index in [9.17, 15) is 0 Å². The highest BCUT2D eigenvalue weighted by atomic mass is 32.2. The molecule has 1 aromatic carbocycles. The first-order chi connectivity index (χ1) is 14.6. The van der Waals surface area contributed by atoms with Crippen LogP contribution in [0.2, 0.25) is 0 Å². The number of thioether (sulfide) groups is 1. The van der Waals surface area contributed by atoms with E-state index >= 15 is 0 Å². The summed E-state index contributed by atoms with van der Waals surface area (Å²) in [4.78, 5) is 13.6. The molecule has 0 saturated carbocycles. The first-order valence-corrected chi connectivity index (χ1v) is 12.5. The highest BCUT2D eigenvalue weighted by Gasteiger charge is 2.09. The van der Waals surface area contributed by atoms with Crippen molar-refractivity contribution in [1.82, 2.24) is 15.0 Å². The number of anilines is 3. The van der Waals surface area contributed by atoms with Gasteiger partial charge in [0.2, 0.25) is 11.9 Å². The van der Waals surface area contributed by atoms with Gasteiger partial charge in [0.05, 0.1) is 0 Å². The van der Waals surface area contributed by atoms with Gasteiger partial charge >= 0.3 is 0 Å². The second kappa shape index (κ2) is 14.2. The highest BCUT2D eigenvalue weighted by Crippen LogP contribution is 2.23. The summed E-state index contributed by atoms with van der Waals surface area (Å²) in [6.45, 7) is 6.69. The zero-order chi connectivity index (χ0) is 21.6. The molecule has 0 fully saturated rings. The quantitative estimate of drug-likeness (QED) is 0.230. The van der Waals surface area contributed by atoms with E-state index < -0.39 is 0 Å². The van der Waals surface area contributed by atoms with Crippen molar-refractivity contribution >= 4 is 29.3 Å². The normalized spacial score (nSPS) is 12.0. The molecule has 2 aromatic rings. The Hall–Kier alpha value is -1.82. The van der Waals surface area contributed by atoms with Crippen LogP contribution in [0.4, 0.5) is 17.6 Å². The van der Waals surface area contributed by atoms with E-state index in [1.54, 1.807) is 11.8 Å². The van der Waals surface area contributed by atoms with Gasteiger partial charge in [-0.3, -0.25) is 0 Å². The molecule has 6 heteroatoms. The molecule has 1 atom stereocenters. The van der Waals surface area contributed by atoms with Gasteiger partial charge in [0.1, 0.15) is 0 Å². The number of aromatic nitrogens is 3. The van der Waals surface area contributed by atoms with E-state index in [4.69, 9.17) is 0 Å². The van der Waals surface area contributed by atoms with Crippen LogP contribution in [0.15, 0.2) is 29.4 Å². The van der Waals surface area contributed by atoms with E-state index in [-0.39, 0.29) is 0 Å². The molecule has 0 aliphatic carbocycles. The summed E-state index contributed by atoms with van der Waals surface area (Å²) in [6, 6.07) is 8.23. The molecule has 1 heterocycles. The van der Waals surface area contributed by atoms with Gasteiger partial charge in [-0.25, -0.2) is 0 Å². The van der Waals surface area contributed by atoms with E-state index in [0.29, 0.717) is 17.8 Å². The van der Waals surface area contributed by atoms with E-state index in [1.807, 2.05) is 19.2 Å². The van der Waals surface area contributed by atoms with Gasteiger partial charge in [-0.1, -0.05) is 94.7 Å². The fourth-order valence-corrected chi connectivity index (χ4v) is 4.18. The van der Waals surface area contributed by atoms with Gasteiger partial charge < -0.3 is 10.6 Å². The lowest BCUT2D eigenvalue weighted by Crippen LogP contribution is -2.06. The minimum atomic E-state index is 0.580. The predicted molar refractivity (Wildman–Crippen MR) is 131 cm³/mol. The second-order valence-corrected chi connectivity index (χ2v) is 9.17. The summed E-state index contributed by atoms with van der Waals surface area (Å²) >= 11 is 1.72. The third-order valence-corrected chi connectivity index (χ3v) is 6.37. The van der Waals surface area contributed by atoms with Crippen LogP contribution in [-0.4, -0.2) is 27.8 Å². The SMILES string of the molecule is CCCCCCCCCCC(C)CSc1nc(NC)nc(Nc2ccc(C)cc2)n1. The average Bonchev–Trinajstić information content (AvgIpc) is 2.75. The molecular formula is C24H39N5S. The Morgan fingerprint density at radius 1 is 0.867 bits per heavy atom. The number of nitrogens with zero attached hydrogens (tertiary/aromatic N) is 3. The number of unbranched alkanes of at least 4 members (excludes halogenated alkanes) is 7. The maximum atomic E-state index is 4.61. The van der Waals surface area contributed by atoms with Crippen LogP contribution in [0.1, 0.15) is 77.2 Å². The van der Waals surface area contributed by atoms with Crippen molar-refractivity contribution in [2.24, 2.45) is 5.92 Å². The fourth-order valence-electron chi connectivity index (χ4n) is 3.28. The van der Waals surface area contributed by atoms with Gasteiger partial charge in [0, 0.05) is 18.5 Å². The molecule has 0 amide bonds. The molecule has 0 bridgehead atoms. The summed E-state index contributed by atoms with van der Waals surface area (Å²) in [5.74, 6) is 2.88. The largest absolute Gasteiger partial charge is 0.357 e. The van der Waals surface area contributed by atoms with Gasteiger partial charge in [-0.2, -0.15) is 15.0 Å². The number of rotatable bonds is 15. The monoisotopic (exact) mass is 429 g/mol. The van der Waals surface area contributed by atoms with Crippen molar-refractivity contribution in [3.8, 4) is 0 Å². The van der Waals surface area contributed by atoms with Crippen LogP contribution in [0.3, 0.4) is 0 Å². The Bertz CT molecular complexity index is 720. The summed E-state index contributed by atoms with van der Waals surface area (Å²) in [6.07, 6.45) is 12.3. The first-order valence-electron chi connectivity index (χ1n) is 11.5. The third-order valence-electron chi connectivity index (χ3n) is 5.19. The van der Waals surface area contributed by atoms with Crippen LogP contribution in [-0.2, 0) is 0 Å². The molecule has 0 radical (unpaired) electrons. The molecule has 166 valence electrons. The zero-order valence-electron chi connectivity index (χ0n) is 19.2. The Labute approximate surface area is 187 Å². The molecule has 1 aromatic heterocycles. The first kappa shape index (κ1) is 24.4. The molecular weight excluding hydrogens is 390 g/mol. The summed E-state index contributed by atoms with van der Waals surface area (Å²) in [5, 5.41) is 7.10. The number of benzene rings is 1. The van der Waals surface area contributed by atoms with Crippen LogP contribution >= 0.6 is 11.8 Å². The van der Waals surface area contributed by atoms with E-state index in [0.717, 1.165) is 16.6 Å². The maximum absolute atomic E-state index is 4.61. The summed E-state index contributed by atoms with van der Waals surface area (Å²) < 4.78 is 0. The Balaban J connectivity index is 1.75. The topological polar surface area (TPSA) is 62.7 Å². The maximum Gasteiger partial charge on any atom is 0.233 e. The summed E-state index contributed by atoms with van der Waals surface area (Å²) in [7, 11) is 1.84. The zero-order valence-corrected chi connectivity index (χ0v) is 20.0. The Morgan fingerprint density at radius 2 is 1.50 bits per heavy atom. The summed E-state index contributed by atoms with van der Waals surface area (Å²) in [5.41, 5.74) is 2.21. The fraction of sp³-hybridized carbons (Fsp3) is 0.625. The lowest BCUT2D eigenvalue weighted by atomic mass is 10.0. The molecule has 0 saturated heterocycles. The van der Waals surface area contributed by atoms with E-state index in [1.165, 1.54) is 63.4 Å². The molecule has 2 N–H and O–H groups in total. The van der Waals surface area contributed by atoms with Gasteiger partial charge in [0.25, 0.3) is 0 Å². The van der Waals surface area contributed by atoms with Crippen molar-refractivity contribution in [1.29, 1.82) is 0 Å². The van der Waals surface area contributed by atoms with Crippen LogP contribution in [0.5, 0.6) is 0 Å². The van der Waals surface area contributed by atoms with Crippen molar-refractivity contribution in [2.45, 2.75) is 83.7 Å². The molecule has 5 nitrogen and oxygen atoms in total. The van der Waals surface area contributed by atoms with Crippen molar-refractivity contribution < 1.29 is 0 Å². The average molecular weight is 430 g/mol. The molecule has 0 aliphatic heterocycles. The lowest BCUT2D eigenvalue weighted by molar-refractivity contribution is 0.513. The number of nitrogens with one attached hydrogen (secondary N) is 2. The smallest absolute Gasteiger partial charge is 0.233 e. The van der Waals surface area contributed by atoms with Crippen LogP contribution in [0.25, 0.3) is 0 Å². The standard InChI is InChI=1S/C24H39N5S/c1-5-6-7-8-9-10-11-12-13-20(3)18-30-24-28-22(25-4)27-23(29-24)26-21-16-14-19(2)15-17-21/h14-17,20H,5-13,18H2,1-4H3,(H2,25,26,27,28,29). The minimum absolute atomic E-state index is 0.580. The number of hydrogen-bond acceptors (Lipinski definition) is 6. The molecule has 30 heavy (non-hydrogen) atoms. The van der Waals surface area contributed by atoms with Crippen molar-refractivity contribution in [3.05, 3.63) is 29.8 Å². The minimum Gasteiger partial charge on any atom is -0.357 e. The lowest BCUT2D eigenvalue weighted by Gasteiger charge is -2.12. The predicted octanol–water partition coefficient (Wildman–Crippen LogP) is 7.22. The molecule has 2 rings (SSSR count). The van der Waals surface area contributed by atoms with E-state index in [2.05, 4.69) is 58.5 Å². The highest BCUT2D eigenvalue weighted by molar-refractivity contribution is 7.99. The van der Waals surface area contributed by atoms with Crippen molar-refractivity contribution in [3.63, 3.8) is 0 Å². The van der Waals surface area contributed by atoms with Crippen molar-refractivity contribution in [2.75, 3.05) is 23.4 Å². The molecule has 1 unspecified atom stereocenters. The third kappa shape index (κ3) is 9.79. The van der Waals surface area contributed by atoms with Gasteiger partial charge in [-0.15, -0.1) is 0 Å².